The summed E-state index contributed by atoms with van der Waals surface area (Å²) in [5.74, 6) is 0. The quantitative estimate of drug-likeness (QED) is 0.764. The van der Waals surface area contributed by atoms with Gasteiger partial charge in [-0.15, -0.1) is 0 Å². The molecule has 0 amide bonds. The summed E-state index contributed by atoms with van der Waals surface area (Å²) in [6.45, 7) is 1.89. The average molecular weight is 239 g/mol. The molecule has 2 heterocycles. The summed E-state index contributed by atoms with van der Waals surface area (Å²) in [5.41, 5.74) is 1.42. The third kappa shape index (κ3) is 1.27. The van der Waals surface area contributed by atoms with Crippen LogP contribution in [0.15, 0.2) is 27.6 Å². The van der Waals surface area contributed by atoms with Crippen molar-refractivity contribution < 1.29 is 0 Å². The molecule has 13 heavy (non-hydrogen) atoms. The smallest absolute Gasteiger partial charge is 0.264 e. The van der Waals surface area contributed by atoms with Crippen molar-refractivity contribution in [2.75, 3.05) is 0 Å². The number of rotatable bonds is 0. The molecule has 0 bridgehead atoms. The molecule has 0 radical (unpaired) electrons. The predicted octanol–water partition coefficient (Wildman–Crippen LogP) is 1.99. The molecule has 2 aromatic rings. The highest BCUT2D eigenvalue weighted by atomic mass is 79.9. The fourth-order valence-electron chi connectivity index (χ4n) is 1.26. The summed E-state index contributed by atoms with van der Waals surface area (Å²) >= 11 is 3.23. The normalized spacial score (nSPS) is 10.6. The highest BCUT2D eigenvalue weighted by Gasteiger charge is 2.05. The number of nitrogens with one attached hydrogen (secondary N) is 1. The van der Waals surface area contributed by atoms with E-state index in [-0.39, 0.29) is 5.56 Å². The van der Waals surface area contributed by atoms with E-state index in [4.69, 9.17) is 0 Å². The van der Waals surface area contributed by atoms with E-state index in [0.29, 0.717) is 10.1 Å². The van der Waals surface area contributed by atoms with Gasteiger partial charge in [-0.1, -0.05) is 0 Å². The van der Waals surface area contributed by atoms with Gasteiger partial charge in [0.15, 0.2) is 0 Å². The summed E-state index contributed by atoms with van der Waals surface area (Å²) in [6, 6.07) is 3.78. The predicted molar refractivity (Wildman–Crippen MR) is 54.8 cm³/mol. The first-order valence-electron chi connectivity index (χ1n) is 3.83. The molecule has 0 aromatic carbocycles. The molecule has 0 aliphatic heterocycles. The van der Waals surface area contributed by atoms with Gasteiger partial charge in [0.2, 0.25) is 0 Å². The Hall–Kier alpha value is -1.16. The van der Waals surface area contributed by atoms with Gasteiger partial charge in [0.25, 0.3) is 5.56 Å². The monoisotopic (exact) mass is 238 g/mol. The van der Waals surface area contributed by atoms with E-state index in [9.17, 15) is 4.79 Å². The van der Waals surface area contributed by atoms with Crippen molar-refractivity contribution in [2.45, 2.75) is 6.92 Å². The zero-order valence-corrected chi connectivity index (χ0v) is 8.55. The van der Waals surface area contributed by atoms with E-state index in [0.717, 1.165) is 10.9 Å². The zero-order chi connectivity index (χ0) is 9.42. The first-order valence-corrected chi connectivity index (χ1v) is 4.62. The van der Waals surface area contributed by atoms with Gasteiger partial charge in [-0.3, -0.25) is 4.79 Å². The first-order chi connectivity index (χ1) is 6.20. The van der Waals surface area contributed by atoms with Crippen LogP contribution in [0.4, 0.5) is 0 Å². The van der Waals surface area contributed by atoms with Crippen molar-refractivity contribution in [3.8, 4) is 0 Å². The Bertz CT molecular complexity index is 518. The van der Waals surface area contributed by atoms with Gasteiger partial charge in [-0.25, -0.2) is 4.98 Å². The second kappa shape index (κ2) is 2.96. The summed E-state index contributed by atoms with van der Waals surface area (Å²) in [7, 11) is 0. The minimum atomic E-state index is -0.135. The fraction of sp³-hybridized carbons (Fsp3) is 0.111. The molecule has 0 unspecified atom stereocenters. The number of nitrogens with zero attached hydrogens (tertiary/aromatic N) is 1. The molecule has 0 saturated carbocycles. The Balaban J connectivity index is 3.02. The van der Waals surface area contributed by atoms with Gasteiger partial charge >= 0.3 is 0 Å². The minimum Gasteiger partial charge on any atom is -0.306 e. The number of H-pyrrole nitrogens is 1. The van der Waals surface area contributed by atoms with E-state index in [1.807, 2.05) is 19.1 Å². The van der Waals surface area contributed by atoms with Gasteiger partial charge in [-0.2, -0.15) is 0 Å². The highest BCUT2D eigenvalue weighted by molar-refractivity contribution is 9.10. The maximum Gasteiger partial charge on any atom is 0.264 e. The largest absolute Gasteiger partial charge is 0.306 e. The molecule has 1 N–H and O–H groups in total. The summed E-state index contributed by atoms with van der Waals surface area (Å²) in [5, 5.41) is 0.967. The Kier molecular flexibility index (Phi) is 1.92. The lowest BCUT2D eigenvalue weighted by atomic mass is 10.2. The minimum absolute atomic E-state index is 0.135. The molecule has 0 saturated heterocycles. The van der Waals surface area contributed by atoms with Crippen LogP contribution in [0.5, 0.6) is 0 Å². The Morgan fingerprint density at radius 1 is 1.54 bits per heavy atom. The van der Waals surface area contributed by atoms with E-state index in [1.54, 1.807) is 6.20 Å². The van der Waals surface area contributed by atoms with Gasteiger partial charge in [-0.05, 0) is 40.5 Å². The number of aromatic nitrogens is 2. The lowest BCUT2D eigenvalue weighted by Gasteiger charge is -2.01. The molecule has 66 valence electrons. The standard InChI is InChI=1S/C9H7BrN2O/c1-5-6-3-2-4-11-8(6)12-9(13)7(5)10/h2-4H,1H3,(H,11,12,13). The second-order valence-corrected chi connectivity index (χ2v) is 3.59. The van der Waals surface area contributed by atoms with Crippen molar-refractivity contribution >= 4 is 27.0 Å². The molecule has 3 nitrogen and oxygen atoms in total. The van der Waals surface area contributed by atoms with E-state index < -0.39 is 0 Å². The number of hydrogen-bond donors (Lipinski definition) is 1. The Labute approximate surface area is 82.9 Å². The molecular weight excluding hydrogens is 232 g/mol. The number of aryl methyl sites for hydroxylation is 1. The van der Waals surface area contributed by atoms with Crippen LogP contribution in [0.25, 0.3) is 11.0 Å². The molecule has 4 heteroatoms. The van der Waals surface area contributed by atoms with Crippen LogP contribution in [0.1, 0.15) is 5.56 Å². The van der Waals surface area contributed by atoms with Crippen LogP contribution >= 0.6 is 15.9 Å². The lowest BCUT2D eigenvalue weighted by Crippen LogP contribution is -2.09. The lowest BCUT2D eigenvalue weighted by molar-refractivity contribution is 1.19. The summed E-state index contributed by atoms with van der Waals surface area (Å²) < 4.78 is 0.577. The van der Waals surface area contributed by atoms with Crippen LogP contribution in [0, 0.1) is 6.92 Å². The number of pyridine rings is 2. The zero-order valence-electron chi connectivity index (χ0n) is 6.97. The van der Waals surface area contributed by atoms with Crippen LogP contribution in [0.2, 0.25) is 0 Å². The third-order valence-electron chi connectivity index (χ3n) is 1.97. The van der Waals surface area contributed by atoms with Gasteiger partial charge in [0.1, 0.15) is 5.65 Å². The third-order valence-corrected chi connectivity index (χ3v) is 2.93. The first kappa shape index (κ1) is 8.44. The van der Waals surface area contributed by atoms with Crippen LogP contribution in [0.3, 0.4) is 0 Å². The van der Waals surface area contributed by atoms with Crippen molar-refractivity contribution in [2.24, 2.45) is 0 Å². The van der Waals surface area contributed by atoms with Gasteiger partial charge in [0, 0.05) is 11.6 Å². The van der Waals surface area contributed by atoms with E-state index in [2.05, 4.69) is 25.9 Å². The topological polar surface area (TPSA) is 45.8 Å². The number of aromatic amines is 1. The van der Waals surface area contributed by atoms with Crippen molar-refractivity contribution in [1.82, 2.24) is 9.97 Å². The van der Waals surface area contributed by atoms with Crippen LogP contribution in [-0.2, 0) is 0 Å². The van der Waals surface area contributed by atoms with Crippen LogP contribution < -0.4 is 5.56 Å². The highest BCUT2D eigenvalue weighted by Crippen LogP contribution is 2.18. The molecule has 0 fully saturated rings. The van der Waals surface area contributed by atoms with E-state index >= 15 is 0 Å². The molecule has 2 rings (SSSR count). The van der Waals surface area contributed by atoms with E-state index in [1.165, 1.54) is 0 Å². The number of hydrogen-bond acceptors (Lipinski definition) is 2. The molecule has 2 aromatic heterocycles. The molecule has 0 atom stereocenters. The molecule has 0 aliphatic rings. The summed E-state index contributed by atoms with van der Waals surface area (Å²) in [4.78, 5) is 18.1. The molecule has 0 aliphatic carbocycles. The van der Waals surface area contributed by atoms with Crippen molar-refractivity contribution in [3.05, 3.63) is 38.7 Å². The Morgan fingerprint density at radius 3 is 3.08 bits per heavy atom. The van der Waals surface area contributed by atoms with Gasteiger partial charge < -0.3 is 4.98 Å². The Morgan fingerprint density at radius 2 is 2.31 bits per heavy atom. The second-order valence-electron chi connectivity index (χ2n) is 2.79. The van der Waals surface area contributed by atoms with Gasteiger partial charge in [0.05, 0.1) is 4.47 Å². The maximum atomic E-state index is 11.3. The average Bonchev–Trinajstić information content (AvgIpc) is 2.15. The fourth-order valence-corrected chi connectivity index (χ4v) is 1.57. The number of halogens is 1. The van der Waals surface area contributed by atoms with Crippen molar-refractivity contribution in [1.29, 1.82) is 0 Å². The maximum absolute atomic E-state index is 11.3. The molecular formula is C9H7BrN2O. The number of fused-ring (bicyclic) bond motifs is 1. The van der Waals surface area contributed by atoms with Crippen molar-refractivity contribution in [3.63, 3.8) is 0 Å². The van der Waals surface area contributed by atoms with Crippen LogP contribution in [-0.4, -0.2) is 9.97 Å². The SMILES string of the molecule is Cc1c(Br)c(=O)[nH]c2ncccc12. The molecule has 0 spiro atoms. The summed E-state index contributed by atoms with van der Waals surface area (Å²) in [6.07, 6.45) is 1.66.